The molecule has 0 aromatic carbocycles. The van der Waals surface area contributed by atoms with E-state index >= 15 is 0 Å². The molecule has 0 spiro atoms. The maximum atomic E-state index is 8.04. The summed E-state index contributed by atoms with van der Waals surface area (Å²) in [7, 11) is 0. The zero-order valence-electron chi connectivity index (χ0n) is 5.69. The lowest BCUT2D eigenvalue weighted by molar-refractivity contribution is 1.08. The summed E-state index contributed by atoms with van der Waals surface area (Å²) in [6.07, 6.45) is 0. The van der Waals surface area contributed by atoms with Crippen molar-refractivity contribution in [2.75, 3.05) is 0 Å². The van der Waals surface area contributed by atoms with Crippen molar-refractivity contribution < 1.29 is 0 Å². The monoisotopic (exact) mass is 169 g/mol. The molecule has 6 heteroatoms. The summed E-state index contributed by atoms with van der Waals surface area (Å²) < 4.78 is 0. The van der Waals surface area contributed by atoms with Crippen LogP contribution < -0.4 is 0 Å². The third-order valence-corrected chi connectivity index (χ3v) is 1.14. The Morgan fingerprint density at radius 1 is 1.64 bits per heavy atom. The van der Waals surface area contributed by atoms with Gasteiger partial charge in [0, 0.05) is 10.6 Å². The first kappa shape index (κ1) is 7.78. The van der Waals surface area contributed by atoms with Crippen LogP contribution in [0.15, 0.2) is 11.2 Å². The Hall–Kier alpha value is -1.32. The number of rotatable bonds is 1. The Kier molecular flexibility index (Phi) is 2.25. The van der Waals surface area contributed by atoms with E-state index in [9.17, 15) is 0 Å². The zero-order valence-corrected chi connectivity index (χ0v) is 6.45. The first-order chi connectivity index (χ1) is 5.22. The number of aryl methyl sites for hydroxylation is 1. The Balaban J connectivity index is 3.18. The Bertz CT molecular complexity index is 296. The van der Waals surface area contributed by atoms with Gasteiger partial charge in [-0.3, -0.25) is 0 Å². The quantitative estimate of drug-likeness (QED) is 0.280. The number of halogens is 1. The van der Waals surface area contributed by atoms with E-state index in [0.717, 1.165) is 0 Å². The normalized spacial score (nSPS) is 8.91. The van der Waals surface area contributed by atoms with Gasteiger partial charge in [0.15, 0.2) is 0 Å². The Morgan fingerprint density at radius 3 is 2.91 bits per heavy atom. The van der Waals surface area contributed by atoms with Gasteiger partial charge in [0.05, 0.1) is 0 Å². The molecule has 0 saturated heterocycles. The minimum Gasteiger partial charge on any atom is -0.232 e. The highest BCUT2D eigenvalue weighted by Gasteiger charge is 1.95. The first-order valence-corrected chi connectivity index (χ1v) is 3.16. The third kappa shape index (κ3) is 2.07. The average Bonchev–Trinajstić information content (AvgIpc) is 1.85. The van der Waals surface area contributed by atoms with Gasteiger partial charge in [-0.2, -0.15) is 0 Å². The van der Waals surface area contributed by atoms with Gasteiger partial charge in [0.2, 0.25) is 5.95 Å². The molecule has 0 saturated carbocycles. The van der Waals surface area contributed by atoms with Gasteiger partial charge in [-0.05, 0) is 23.6 Å². The summed E-state index contributed by atoms with van der Waals surface area (Å²) in [6, 6.07) is 1.58. The van der Waals surface area contributed by atoms with Crippen LogP contribution in [-0.4, -0.2) is 9.97 Å². The van der Waals surface area contributed by atoms with Crippen LogP contribution in [0.2, 0.25) is 5.15 Å². The molecule has 5 nitrogen and oxygen atoms in total. The van der Waals surface area contributed by atoms with E-state index in [0.29, 0.717) is 5.69 Å². The Morgan fingerprint density at radius 2 is 2.36 bits per heavy atom. The lowest BCUT2D eigenvalue weighted by Gasteiger charge is -1.93. The molecule has 0 bridgehead atoms. The molecule has 1 aromatic rings. The standard InChI is InChI=1S/C5H4ClN5/c1-3-2-4(6)9-5(8-3)10-11-7/h2H,1H3. The van der Waals surface area contributed by atoms with E-state index in [1.165, 1.54) is 0 Å². The van der Waals surface area contributed by atoms with Gasteiger partial charge in [-0.25, -0.2) is 9.97 Å². The lowest BCUT2D eigenvalue weighted by Crippen LogP contribution is -1.84. The average molecular weight is 170 g/mol. The molecule has 56 valence electrons. The van der Waals surface area contributed by atoms with Gasteiger partial charge in [0.1, 0.15) is 5.15 Å². The summed E-state index contributed by atoms with van der Waals surface area (Å²) in [5.74, 6) is 0.0532. The highest BCUT2D eigenvalue weighted by molar-refractivity contribution is 6.29. The van der Waals surface area contributed by atoms with Crippen molar-refractivity contribution in [1.82, 2.24) is 9.97 Å². The van der Waals surface area contributed by atoms with Crippen molar-refractivity contribution in [3.8, 4) is 0 Å². The number of aromatic nitrogens is 2. The fourth-order valence-electron chi connectivity index (χ4n) is 0.600. The number of nitrogens with zero attached hydrogens (tertiary/aromatic N) is 5. The van der Waals surface area contributed by atoms with Crippen LogP contribution in [0, 0.1) is 6.92 Å². The van der Waals surface area contributed by atoms with Crippen LogP contribution in [0.3, 0.4) is 0 Å². The maximum absolute atomic E-state index is 8.04. The van der Waals surface area contributed by atoms with E-state index in [2.05, 4.69) is 20.0 Å². The van der Waals surface area contributed by atoms with Crippen molar-refractivity contribution in [2.24, 2.45) is 5.11 Å². The van der Waals surface area contributed by atoms with E-state index in [1.807, 2.05) is 0 Å². The largest absolute Gasteiger partial charge is 0.232 e. The summed E-state index contributed by atoms with van der Waals surface area (Å²) >= 11 is 5.55. The first-order valence-electron chi connectivity index (χ1n) is 2.78. The molecule has 1 heterocycles. The molecular formula is C5H4ClN5. The predicted molar refractivity (Wildman–Crippen MR) is 40.6 cm³/mol. The molecule has 0 amide bonds. The van der Waals surface area contributed by atoms with E-state index in [-0.39, 0.29) is 11.1 Å². The van der Waals surface area contributed by atoms with E-state index in [4.69, 9.17) is 17.1 Å². The molecule has 1 rings (SSSR count). The molecule has 0 fully saturated rings. The highest BCUT2D eigenvalue weighted by atomic mass is 35.5. The van der Waals surface area contributed by atoms with Gasteiger partial charge in [-0.1, -0.05) is 11.6 Å². The minimum absolute atomic E-state index is 0.0532. The zero-order chi connectivity index (χ0) is 8.27. The van der Waals surface area contributed by atoms with Crippen molar-refractivity contribution in [3.05, 3.63) is 27.4 Å². The topological polar surface area (TPSA) is 74.5 Å². The predicted octanol–water partition coefficient (Wildman–Crippen LogP) is 2.38. The molecule has 0 aliphatic heterocycles. The molecule has 11 heavy (non-hydrogen) atoms. The molecule has 0 aliphatic carbocycles. The molecule has 0 radical (unpaired) electrons. The highest BCUT2D eigenvalue weighted by Crippen LogP contribution is 2.11. The number of azide groups is 1. The summed E-state index contributed by atoms with van der Waals surface area (Å²) in [5, 5.41) is 3.48. The summed E-state index contributed by atoms with van der Waals surface area (Å²) in [5.41, 5.74) is 8.71. The second-order valence-corrected chi connectivity index (χ2v) is 2.21. The van der Waals surface area contributed by atoms with Gasteiger partial charge < -0.3 is 0 Å². The molecule has 0 aliphatic rings. The van der Waals surface area contributed by atoms with Gasteiger partial charge >= 0.3 is 0 Å². The van der Waals surface area contributed by atoms with Crippen molar-refractivity contribution in [1.29, 1.82) is 0 Å². The van der Waals surface area contributed by atoms with Gasteiger partial charge in [-0.15, -0.1) is 0 Å². The SMILES string of the molecule is Cc1cc(Cl)nc(N=[N+]=[N-])n1. The lowest BCUT2D eigenvalue weighted by atomic mass is 10.5. The third-order valence-electron chi connectivity index (χ3n) is 0.945. The molecule has 0 unspecified atom stereocenters. The van der Waals surface area contributed by atoms with Crippen LogP contribution in [0.4, 0.5) is 5.95 Å². The number of hydrogen-bond donors (Lipinski definition) is 0. The van der Waals surface area contributed by atoms with Crippen LogP contribution in [-0.2, 0) is 0 Å². The minimum atomic E-state index is 0.0532. The summed E-state index contributed by atoms with van der Waals surface area (Å²) in [6.45, 7) is 1.74. The Labute approximate surface area is 67.7 Å². The number of hydrogen-bond acceptors (Lipinski definition) is 3. The van der Waals surface area contributed by atoms with Gasteiger partial charge in [0.25, 0.3) is 0 Å². The molecule has 1 aromatic heterocycles. The van der Waals surface area contributed by atoms with Crippen LogP contribution in [0.1, 0.15) is 5.69 Å². The van der Waals surface area contributed by atoms with Crippen molar-refractivity contribution in [2.45, 2.75) is 6.92 Å². The van der Waals surface area contributed by atoms with Crippen LogP contribution >= 0.6 is 11.6 Å². The molecule has 0 atom stereocenters. The fraction of sp³-hybridized carbons (Fsp3) is 0.200. The molecular weight excluding hydrogens is 166 g/mol. The second-order valence-electron chi connectivity index (χ2n) is 1.82. The smallest absolute Gasteiger partial charge is 0.218 e. The van der Waals surface area contributed by atoms with Crippen LogP contribution in [0.25, 0.3) is 10.4 Å². The maximum Gasteiger partial charge on any atom is 0.218 e. The molecule has 0 N–H and O–H groups in total. The van der Waals surface area contributed by atoms with Crippen molar-refractivity contribution >= 4 is 17.5 Å². The van der Waals surface area contributed by atoms with E-state index < -0.39 is 0 Å². The summed E-state index contributed by atoms with van der Waals surface area (Å²) in [4.78, 5) is 9.99. The second kappa shape index (κ2) is 3.18. The van der Waals surface area contributed by atoms with E-state index in [1.54, 1.807) is 13.0 Å². The van der Waals surface area contributed by atoms with Crippen molar-refractivity contribution in [3.63, 3.8) is 0 Å². The van der Waals surface area contributed by atoms with Crippen LogP contribution in [0.5, 0.6) is 0 Å². The fourth-order valence-corrected chi connectivity index (χ4v) is 0.833.